The van der Waals surface area contributed by atoms with E-state index in [1.54, 1.807) is 0 Å². The summed E-state index contributed by atoms with van der Waals surface area (Å²) in [5, 5.41) is 0. The summed E-state index contributed by atoms with van der Waals surface area (Å²) in [6.45, 7) is 0. The van der Waals surface area contributed by atoms with E-state index in [4.69, 9.17) is 0 Å². The predicted octanol–water partition coefficient (Wildman–Crippen LogP) is 4.07. The summed E-state index contributed by atoms with van der Waals surface area (Å²) in [6, 6.07) is 0. The Hall–Kier alpha value is -0.270. The monoisotopic (exact) mass is 303 g/mol. The van der Waals surface area contributed by atoms with Gasteiger partial charge >= 0.3 is 0 Å². The quantitative estimate of drug-likeness (QED) is 0.435. The summed E-state index contributed by atoms with van der Waals surface area (Å²) < 4.78 is 54.5. The molecule has 0 aromatic rings. The number of unbranched alkanes of at least 4 members (excludes halogenated alkanes) is 8. The summed E-state index contributed by atoms with van der Waals surface area (Å²) in [5.41, 5.74) is 0. The second-order valence-electron chi connectivity index (χ2n) is 4.62. The molecular weight excluding hydrogens is 276 g/mol. The maximum Gasteiger partial charge on any atom is 0.238 e. The van der Waals surface area contributed by atoms with Crippen molar-refractivity contribution in [3.63, 3.8) is 0 Å². The SMILES string of the molecule is O=S(=O)([O-])CCCCCCCCCCCC(F)F.[NH4+]. The van der Waals surface area contributed by atoms with Crippen LogP contribution in [0.4, 0.5) is 8.78 Å². The molecule has 118 valence electrons. The highest BCUT2D eigenvalue weighted by Gasteiger charge is 2.00. The third-order valence-electron chi connectivity index (χ3n) is 2.82. The zero-order valence-corrected chi connectivity index (χ0v) is 12.6. The third kappa shape index (κ3) is 20.2. The average Bonchev–Trinajstić information content (AvgIpc) is 2.24. The Labute approximate surface area is 115 Å². The van der Waals surface area contributed by atoms with Crippen molar-refractivity contribution in [3.8, 4) is 0 Å². The van der Waals surface area contributed by atoms with E-state index in [0.29, 0.717) is 12.8 Å². The molecule has 0 unspecified atom stereocenters. The normalized spacial score (nSPS) is 11.6. The first kappa shape index (κ1) is 21.0. The lowest BCUT2D eigenvalue weighted by Crippen LogP contribution is -2.03. The molecule has 0 radical (unpaired) electrons. The van der Waals surface area contributed by atoms with Gasteiger partial charge in [-0.25, -0.2) is 17.2 Å². The van der Waals surface area contributed by atoms with E-state index in [1.165, 1.54) is 0 Å². The van der Waals surface area contributed by atoms with E-state index in [-0.39, 0.29) is 18.3 Å². The molecule has 0 amide bonds. The molecular formula is C12H27F2NO3S. The lowest BCUT2D eigenvalue weighted by molar-refractivity contribution is 0.133. The van der Waals surface area contributed by atoms with Crippen LogP contribution in [0, 0.1) is 0 Å². The van der Waals surface area contributed by atoms with Crippen LogP contribution in [0.5, 0.6) is 0 Å². The molecule has 0 aliphatic rings. The van der Waals surface area contributed by atoms with Crippen LogP contribution in [0.2, 0.25) is 0 Å². The molecule has 0 bridgehead atoms. The van der Waals surface area contributed by atoms with Crippen molar-refractivity contribution >= 4 is 10.1 Å². The van der Waals surface area contributed by atoms with E-state index < -0.39 is 16.5 Å². The lowest BCUT2D eigenvalue weighted by atomic mass is 10.1. The number of alkyl halides is 2. The smallest absolute Gasteiger partial charge is 0.238 e. The number of hydrogen-bond donors (Lipinski definition) is 1. The minimum absolute atomic E-state index is 0. The molecule has 19 heavy (non-hydrogen) atoms. The second kappa shape index (κ2) is 12.7. The molecule has 0 saturated heterocycles. The Kier molecular flexibility index (Phi) is 14.1. The Bertz CT molecular complexity index is 285. The number of rotatable bonds is 12. The van der Waals surface area contributed by atoms with Gasteiger partial charge in [0.1, 0.15) is 0 Å². The largest absolute Gasteiger partial charge is 0.748 e. The Balaban J connectivity index is 0. The maximum absolute atomic E-state index is 11.8. The average molecular weight is 303 g/mol. The van der Waals surface area contributed by atoms with Gasteiger partial charge in [-0.3, -0.25) is 0 Å². The van der Waals surface area contributed by atoms with Gasteiger partial charge in [0.25, 0.3) is 0 Å². The zero-order valence-electron chi connectivity index (χ0n) is 11.7. The Morgan fingerprint density at radius 1 is 0.789 bits per heavy atom. The Morgan fingerprint density at radius 3 is 1.53 bits per heavy atom. The summed E-state index contributed by atoms with van der Waals surface area (Å²) in [6.07, 6.45) is 5.54. The molecule has 0 aliphatic carbocycles. The van der Waals surface area contributed by atoms with E-state index >= 15 is 0 Å². The fraction of sp³-hybridized carbons (Fsp3) is 1.00. The highest BCUT2D eigenvalue weighted by Crippen LogP contribution is 2.12. The van der Waals surface area contributed by atoms with E-state index in [1.807, 2.05) is 0 Å². The third-order valence-corrected chi connectivity index (χ3v) is 3.61. The van der Waals surface area contributed by atoms with Crippen molar-refractivity contribution in [1.29, 1.82) is 0 Å². The molecule has 0 aliphatic heterocycles. The van der Waals surface area contributed by atoms with E-state index in [2.05, 4.69) is 0 Å². The molecule has 4 nitrogen and oxygen atoms in total. The van der Waals surface area contributed by atoms with Crippen LogP contribution in [0.25, 0.3) is 0 Å². The van der Waals surface area contributed by atoms with Gasteiger partial charge in [0.2, 0.25) is 6.43 Å². The first-order chi connectivity index (χ1) is 8.42. The minimum atomic E-state index is -4.05. The van der Waals surface area contributed by atoms with Gasteiger partial charge in [0.05, 0.1) is 10.1 Å². The van der Waals surface area contributed by atoms with Gasteiger partial charge in [-0.15, -0.1) is 0 Å². The molecule has 0 spiro atoms. The number of hydrogen-bond acceptors (Lipinski definition) is 3. The minimum Gasteiger partial charge on any atom is -0.748 e. The highest BCUT2D eigenvalue weighted by atomic mass is 32.2. The molecule has 7 heteroatoms. The zero-order chi connectivity index (χ0) is 13.9. The van der Waals surface area contributed by atoms with Crippen LogP contribution < -0.4 is 6.15 Å². The van der Waals surface area contributed by atoms with Gasteiger partial charge in [0.15, 0.2) is 0 Å². The van der Waals surface area contributed by atoms with Crippen molar-refractivity contribution in [2.75, 3.05) is 5.75 Å². The van der Waals surface area contributed by atoms with E-state index in [0.717, 1.165) is 44.9 Å². The molecule has 0 aromatic heterocycles. The molecule has 4 N–H and O–H groups in total. The molecule has 0 aromatic carbocycles. The van der Waals surface area contributed by atoms with E-state index in [9.17, 15) is 21.8 Å². The van der Waals surface area contributed by atoms with Crippen LogP contribution in [0.3, 0.4) is 0 Å². The van der Waals surface area contributed by atoms with Crippen LogP contribution in [-0.2, 0) is 10.1 Å². The van der Waals surface area contributed by atoms with Crippen molar-refractivity contribution < 1.29 is 21.8 Å². The molecule has 0 rings (SSSR count). The molecule has 0 saturated carbocycles. The predicted molar refractivity (Wildman–Crippen MR) is 72.7 cm³/mol. The fourth-order valence-corrected chi connectivity index (χ4v) is 2.37. The standard InChI is InChI=1S/C12H24F2O3S.H3N/c13-12(14)10-8-6-4-2-1-3-5-7-9-11-18(15,16)17;/h12H,1-11H2,(H,15,16,17);1H3. The van der Waals surface area contributed by atoms with Crippen molar-refractivity contribution in [2.45, 2.75) is 70.6 Å². The number of halogens is 2. The van der Waals surface area contributed by atoms with Crippen molar-refractivity contribution in [2.24, 2.45) is 0 Å². The van der Waals surface area contributed by atoms with Crippen molar-refractivity contribution in [3.05, 3.63) is 0 Å². The van der Waals surface area contributed by atoms with Gasteiger partial charge in [0, 0.05) is 12.2 Å². The van der Waals surface area contributed by atoms with Gasteiger partial charge in [-0.2, -0.15) is 0 Å². The summed E-state index contributed by atoms with van der Waals surface area (Å²) >= 11 is 0. The van der Waals surface area contributed by atoms with Gasteiger partial charge in [-0.05, 0) is 12.8 Å². The summed E-state index contributed by atoms with van der Waals surface area (Å²) in [7, 11) is -4.05. The van der Waals surface area contributed by atoms with Crippen LogP contribution in [0.15, 0.2) is 0 Å². The van der Waals surface area contributed by atoms with Crippen LogP contribution in [-0.4, -0.2) is 25.1 Å². The highest BCUT2D eigenvalue weighted by molar-refractivity contribution is 7.85. The molecule has 0 fully saturated rings. The molecule has 0 heterocycles. The van der Waals surface area contributed by atoms with Crippen LogP contribution >= 0.6 is 0 Å². The maximum atomic E-state index is 11.8. The topological polar surface area (TPSA) is 93.7 Å². The van der Waals surface area contributed by atoms with Crippen molar-refractivity contribution in [1.82, 2.24) is 6.15 Å². The Morgan fingerprint density at radius 2 is 1.16 bits per heavy atom. The second-order valence-corrected chi connectivity index (χ2v) is 6.15. The van der Waals surface area contributed by atoms with Crippen LogP contribution in [0.1, 0.15) is 64.2 Å². The number of quaternary nitrogens is 1. The molecule has 0 atom stereocenters. The first-order valence-corrected chi connectivity index (χ1v) is 8.21. The van der Waals surface area contributed by atoms with Gasteiger partial charge < -0.3 is 10.7 Å². The first-order valence-electron chi connectivity index (χ1n) is 6.63. The fourth-order valence-electron chi connectivity index (χ4n) is 1.81. The summed E-state index contributed by atoms with van der Waals surface area (Å²) in [5.74, 6) is -0.263. The summed E-state index contributed by atoms with van der Waals surface area (Å²) in [4.78, 5) is 0. The van der Waals surface area contributed by atoms with Gasteiger partial charge in [-0.1, -0.05) is 44.9 Å². The lowest BCUT2D eigenvalue weighted by Gasteiger charge is -2.06.